The summed E-state index contributed by atoms with van der Waals surface area (Å²) in [5.74, 6) is 0.371. The van der Waals surface area contributed by atoms with Crippen molar-refractivity contribution in [3.63, 3.8) is 0 Å². The van der Waals surface area contributed by atoms with E-state index in [9.17, 15) is 15.3 Å². The molecule has 2 aromatic carbocycles. The van der Waals surface area contributed by atoms with Crippen LogP contribution in [-0.4, -0.2) is 22.4 Å². The minimum Gasteiger partial charge on any atom is -0.508 e. The van der Waals surface area contributed by atoms with E-state index in [1.54, 1.807) is 12.1 Å². The molecule has 18 heavy (non-hydrogen) atoms. The standard InChI is InChI=1S/C13H11BrO4/c1-18-8-2-3-11(16)9(6-8)13-10(14)4-7(15)5-12(13)17/h2-6,15-17H,1H3. The van der Waals surface area contributed by atoms with E-state index >= 15 is 0 Å². The second-order valence-corrected chi connectivity index (χ2v) is 4.56. The Morgan fingerprint density at radius 1 is 1.00 bits per heavy atom. The highest BCUT2D eigenvalue weighted by Gasteiger charge is 2.15. The number of aromatic hydroxyl groups is 3. The monoisotopic (exact) mass is 310 g/mol. The molecule has 0 amide bonds. The average molecular weight is 311 g/mol. The van der Waals surface area contributed by atoms with E-state index in [0.29, 0.717) is 21.3 Å². The van der Waals surface area contributed by atoms with Gasteiger partial charge in [0.15, 0.2) is 0 Å². The Morgan fingerprint density at radius 3 is 2.33 bits per heavy atom. The third-order valence-corrected chi connectivity index (χ3v) is 3.15. The Labute approximate surface area is 112 Å². The van der Waals surface area contributed by atoms with Gasteiger partial charge in [0, 0.05) is 21.7 Å². The number of ether oxygens (including phenoxy) is 1. The normalized spacial score (nSPS) is 10.3. The van der Waals surface area contributed by atoms with Crippen LogP contribution >= 0.6 is 15.9 Å². The largest absolute Gasteiger partial charge is 0.508 e. The minimum atomic E-state index is -0.134. The molecule has 0 heterocycles. The van der Waals surface area contributed by atoms with Gasteiger partial charge in [-0.1, -0.05) is 0 Å². The average Bonchev–Trinajstić information content (AvgIpc) is 2.30. The number of rotatable bonds is 2. The molecular weight excluding hydrogens is 300 g/mol. The summed E-state index contributed by atoms with van der Waals surface area (Å²) >= 11 is 3.24. The molecule has 2 aromatic rings. The van der Waals surface area contributed by atoms with Crippen molar-refractivity contribution >= 4 is 15.9 Å². The fourth-order valence-corrected chi connectivity index (χ4v) is 2.34. The van der Waals surface area contributed by atoms with E-state index < -0.39 is 0 Å². The molecule has 4 nitrogen and oxygen atoms in total. The molecule has 0 aliphatic carbocycles. The maximum atomic E-state index is 9.87. The van der Waals surface area contributed by atoms with Gasteiger partial charge in [-0.15, -0.1) is 0 Å². The molecule has 0 atom stereocenters. The molecule has 2 rings (SSSR count). The van der Waals surface area contributed by atoms with Crippen molar-refractivity contribution in [1.29, 1.82) is 0 Å². The predicted octanol–water partition coefficient (Wildman–Crippen LogP) is 3.24. The summed E-state index contributed by atoms with van der Waals surface area (Å²) in [4.78, 5) is 0. The van der Waals surface area contributed by atoms with Crippen molar-refractivity contribution in [2.24, 2.45) is 0 Å². The lowest BCUT2D eigenvalue weighted by molar-refractivity contribution is 0.412. The number of hydrogen-bond donors (Lipinski definition) is 3. The maximum absolute atomic E-state index is 9.87. The van der Waals surface area contributed by atoms with Crippen molar-refractivity contribution in [1.82, 2.24) is 0 Å². The van der Waals surface area contributed by atoms with Gasteiger partial charge in [0.1, 0.15) is 23.0 Å². The predicted molar refractivity (Wildman–Crippen MR) is 71.1 cm³/mol. The minimum absolute atomic E-state index is 0.0116. The van der Waals surface area contributed by atoms with Crippen LogP contribution in [0, 0.1) is 0 Å². The van der Waals surface area contributed by atoms with Gasteiger partial charge >= 0.3 is 0 Å². The number of benzene rings is 2. The van der Waals surface area contributed by atoms with Crippen LogP contribution in [0.2, 0.25) is 0 Å². The molecule has 0 radical (unpaired) electrons. The Morgan fingerprint density at radius 2 is 1.72 bits per heavy atom. The van der Waals surface area contributed by atoms with Gasteiger partial charge in [0.05, 0.1) is 7.11 Å². The molecule has 3 N–H and O–H groups in total. The highest BCUT2D eigenvalue weighted by Crippen LogP contribution is 2.43. The van der Waals surface area contributed by atoms with Gasteiger partial charge < -0.3 is 20.1 Å². The fraction of sp³-hybridized carbons (Fsp3) is 0.0769. The van der Waals surface area contributed by atoms with Gasteiger partial charge in [0.2, 0.25) is 0 Å². The lowest BCUT2D eigenvalue weighted by Gasteiger charge is -2.11. The first-order valence-corrected chi connectivity index (χ1v) is 5.91. The zero-order chi connectivity index (χ0) is 13.3. The van der Waals surface area contributed by atoms with Crippen molar-refractivity contribution < 1.29 is 20.1 Å². The van der Waals surface area contributed by atoms with E-state index in [0.717, 1.165) is 0 Å². The first-order chi connectivity index (χ1) is 8.52. The number of phenolic OH excluding ortho intramolecular Hbond substituents is 3. The highest BCUT2D eigenvalue weighted by molar-refractivity contribution is 9.10. The van der Waals surface area contributed by atoms with Crippen LogP contribution in [0.5, 0.6) is 23.0 Å². The van der Waals surface area contributed by atoms with Gasteiger partial charge in [-0.25, -0.2) is 0 Å². The quantitative estimate of drug-likeness (QED) is 0.796. The number of halogens is 1. The molecule has 0 unspecified atom stereocenters. The summed E-state index contributed by atoms with van der Waals surface area (Å²) in [5.41, 5.74) is 0.808. The van der Waals surface area contributed by atoms with Crippen molar-refractivity contribution in [3.05, 3.63) is 34.8 Å². The SMILES string of the molecule is COc1ccc(O)c(-c2c(O)cc(O)cc2Br)c1. The molecule has 0 aromatic heterocycles. The number of methoxy groups -OCH3 is 1. The van der Waals surface area contributed by atoms with Gasteiger partial charge in [-0.3, -0.25) is 0 Å². The Bertz CT molecular complexity index is 573. The molecule has 0 fully saturated rings. The topological polar surface area (TPSA) is 69.9 Å². The van der Waals surface area contributed by atoms with Gasteiger partial charge in [-0.05, 0) is 40.2 Å². The second kappa shape index (κ2) is 4.78. The Kier molecular flexibility index (Phi) is 3.34. The smallest absolute Gasteiger partial charge is 0.128 e. The summed E-state index contributed by atoms with van der Waals surface area (Å²) in [5, 5.41) is 29.1. The zero-order valence-corrected chi connectivity index (χ0v) is 11.1. The van der Waals surface area contributed by atoms with Crippen LogP contribution in [0.15, 0.2) is 34.8 Å². The maximum Gasteiger partial charge on any atom is 0.128 e. The Hall–Kier alpha value is -1.88. The van der Waals surface area contributed by atoms with Crippen molar-refractivity contribution in [2.45, 2.75) is 0 Å². The fourth-order valence-electron chi connectivity index (χ4n) is 1.69. The molecule has 0 spiro atoms. The van der Waals surface area contributed by atoms with E-state index in [1.165, 1.54) is 25.3 Å². The van der Waals surface area contributed by atoms with Crippen LogP contribution in [-0.2, 0) is 0 Å². The third-order valence-electron chi connectivity index (χ3n) is 2.53. The van der Waals surface area contributed by atoms with E-state index in [-0.39, 0.29) is 17.2 Å². The molecule has 5 heteroatoms. The number of phenols is 3. The summed E-state index contributed by atoms with van der Waals surface area (Å²) in [6.07, 6.45) is 0. The van der Waals surface area contributed by atoms with Crippen molar-refractivity contribution in [3.8, 4) is 34.1 Å². The van der Waals surface area contributed by atoms with Crippen LogP contribution < -0.4 is 4.74 Å². The molecule has 0 saturated carbocycles. The molecule has 0 aliphatic rings. The molecule has 0 aliphatic heterocycles. The van der Waals surface area contributed by atoms with Crippen LogP contribution in [0.4, 0.5) is 0 Å². The molecule has 0 bridgehead atoms. The van der Waals surface area contributed by atoms with Crippen LogP contribution in [0.3, 0.4) is 0 Å². The van der Waals surface area contributed by atoms with Crippen molar-refractivity contribution in [2.75, 3.05) is 7.11 Å². The lowest BCUT2D eigenvalue weighted by Crippen LogP contribution is -1.87. The molecule has 94 valence electrons. The first-order valence-electron chi connectivity index (χ1n) is 5.11. The zero-order valence-electron chi connectivity index (χ0n) is 9.51. The number of hydrogen-bond acceptors (Lipinski definition) is 4. The summed E-state index contributed by atoms with van der Waals surface area (Å²) in [6.45, 7) is 0. The highest BCUT2D eigenvalue weighted by atomic mass is 79.9. The van der Waals surface area contributed by atoms with E-state index in [1.807, 2.05) is 0 Å². The summed E-state index contributed by atoms with van der Waals surface area (Å²) in [6, 6.07) is 7.34. The third kappa shape index (κ3) is 2.22. The summed E-state index contributed by atoms with van der Waals surface area (Å²) in [7, 11) is 1.52. The first kappa shape index (κ1) is 12.6. The second-order valence-electron chi connectivity index (χ2n) is 3.70. The lowest BCUT2D eigenvalue weighted by atomic mass is 10.0. The Balaban J connectivity index is 2.68. The molecular formula is C13H11BrO4. The van der Waals surface area contributed by atoms with Crippen LogP contribution in [0.25, 0.3) is 11.1 Å². The molecule has 0 saturated heterocycles. The van der Waals surface area contributed by atoms with Gasteiger partial charge in [-0.2, -0.15) is 0 Å². The van der Waals surface area contributed by atoms with Gasteiger partial charge in [0.25, 0.3) is 0 Å². The van der Waals surface area contributed by atoms with E-state index in [4.69, 9.17) is 4.74 Å². The van der Waals surface area contributed by atoms with Crippen LogP contribution in [0.1, 0.15) is 0 Å². The van der Waals surface area contributed by atoms with E-state index in [2.05, 4.69) is 15.9 Å². The summed E-state index contributed by atoms with van der Waals surface area (Å²) < 4.78 is 5.55.